The molecule has 0 radical (unpaired) electrons. The smallest absolute Gasteiger partial charge is 0.870 e. The third kappa shape index (κ3) is 16.6. The Morgan fingerprint density at radius 2 is 1.02 bits per heavy atom. The predicted octanol–water partition coefficient (Wildman–Crippen LogP) is 9.31. The quantitative estimate of drug-likeness (QED) is 0.0499. The first-order chi connectivity index (χ1) is 24.8. The summed E-state index contributed by atoms with van der Waals surface area (Å²) in [6.07, 6.45) is 13.9. The second kappa shape index (κ2) is 23.8. The molecule has 0 spiro atoms. The molecule has 13 heteroatoms. The zero-order valence-electron chi connectivity index (χ0n) is 30.7. The Morgan fingerprint density at radius 1 is 0.585 bits per heavy atom. The molecule has 10 nitrogen and oxygen atoms in total. The maximum atomic E-state index is 11.8. The number of rotatable bonds is 20. The molecule has 0 saturated heterocycles. The van der Waals surface area contributed by atoms with Crippen LogP contribution < -0.4 is 14.6 Å². The van der Waals surface area contributed by atoms with Gasteiger partial charge in [-0.05, 0) is 91.4 Å². The molecule has 53 heavy (non-hydrogen) atoms. The number of ether oxygens (including phenoxy) is 2. The van der Waals surface area contributed by atoms with Gasteiger partial charge in [0.15, 0.2) is 11.5 Å². The molecule has 284 valence electrons. The Hall–Kier alpha value is -2.84. The van der Waals surface area contributed by atoms with Crippen molar-refractivity contribution in [2.45, 2.75) is 114 Å². The Morgan fingerprint density at radius 3 is 1.51 bits per heavy atom. The number of phenolic OH excluding ortho intramolecular Hbond substituents is 1. The van der Waals surface area contributed by atoms with E-state index in [1.807, 2.05) is 0 Å². The van der Waals surface area contributed by atoms with Gasteiger partial charge in [-0.3, -0.25) is 4.55 Å². The largest absolute Gasteiger partial charge is 2.00 e. The van der Waals surface area contributed by atoms with Gasteiger partial charge in [-0.2, -0.15) is 8.42 Å². The van der Waals surface area contributed by atoms with Crippen LogP contribution in [0.4, 0.5) is 0 Å². The van der Waals surface area contributed by atoms with E-state index in [9.17, 15) is 36.2 Å². The number of unbranched alkanes of at least 4 members (excludes halogenated alkanes) is 10. The molecule has 0 amide bonds. The summed E-state index contributed by atoms with van der Waals surface area (Å²) >= 11 is 0. The minimum absolute atomic E-state index is 0. The molecule has 0 heterocycles. The zero-order chi connectivity index (χ0) is 38.0. The van der Waals surface area contributed by atoms with Gasteiger partial charge in [-0.1, -0.05) is 114 Å². The van der Waals surface area contributed by atoms with Gasteiger partial charge in [0.2, 0.25) is 0 Å². The summed E-state index contributed by atoms with van der Waals surface area (Å²) in [5.41, 5.74) is 0.965. The molecular formula is C40H50CaO10S2. The number of aromatic hydroxyl groups is 1. The molecule has 0 atom stereocenters. The second-order valence-corrected chi connectivity index (χ2v) is 15.4. The number of hydrogen-bond acceptors (Lipinski definition) is 9. The van der Waals surface area contributed by atoms with Gasteiger partial charge in [-0.15, -0.1) is 0 Å². The van der Waals surface area contributed by atoms with Crippen molar-refractivity contribution >= 4 is 58.0 Å². The predicted molar refractivity (Wildman–Crippen MR) is 205 cm³/mol. The standard InChI is InChI=1S/2C20H26O5S.Ca/c2*1-2-3-4-5-6-7-10-16-15-17(13-14-20(16)26(22,23)24)25-19-12-9-8-11-18(19)21;/h2*8-9,11-15,21H,2-7,10H2,1H3,(H,22,23,24);/q;;+2/p-2. The monoisotopic (exact) mass is 794 g/mol. The van der Waals surface area contributed by atoms with Crippen molar-refractivity contribution in [2.24, 2.45) is 0 Å². The van der Waals surface area contributed by atoms with Crippen LogP contribution in [0.15, 0.2) is 94.7 Å². The molecule has 0 aliphatic rings. The van der Waals surface area contributed by atoms with Gasteiger partial charge in [-0.25, -0.2) is 8.42 Å². The van der Waals surface area contributed by atoms with E-state index in [4.69, 9.17) is 9.47 Å². The average Bonchev–Trinajstić information content (AvgIpc) is 3.09. The van der Waals surface area contributed by atoms with Gasteiger partial charge >= 0.3 is 37.7 Å². The van der Waals surface area contributed by atoms with Crippen molar-refractivity contribution in [1.82, 2.24) is 0 Å². The Balaban J connectivity index is 0.000000360. The fraction of sp³-hybridized carbons (Fsp3) is 0.400. The van der Waals surface area contributed by atoms with Crippen LogP contribution in [0.3, 0.4) is 0 Å². The number of para-hydroxylation sites is 4. The van der Waals surface area contributed by atoms with Crippen molar-refractivity contribution in [1.29, 1.82) is 0 Å². The fourth-order valence-electron chi connectivity index (χ4n) is 5.65. The first-order valence-electron chi connectivity index (χ1n) is 17.9. The van der Waals surface area contributed by atoms with Crippen LogP contribution in [0.25, 0.3) is 0 Å². The molecule has 0 aliphatic heterocycles. The Kier molecular flexibility index (Phi) is 20.8. The van der Waals surface area contributed by atoms with Crippen LogP contribution >= 0.6 is 0 Å². The molecular weight excluding hydrogens is 745 g/mol. The Labute approximate surface area is 345 Å². The van der Waals surface area contributed by atoms with Gasteiger partial charge in [0, 0.05) is 0 Å². The summed E-state index contributed by atoms with van der Waals surface area (Å²) < 4.78 is 78.4. The van der Waals surface area contributed by atoms with Gasteiger partial charge < -0.3 is 24.2 Å². The number of aryl methyl sites for hydroxylation is 2. The normalized spacial score (nSPS) is 11.2. The van der Waals surface area contributed by atoms with Gasteiger partial charge in [0.25, 0.3) is 10.1 Å². The first-order valence-corrected chi connectivity index (χ1v) is 20.8. The third-order valence-corrected chi connectivity index (χ3v) is 10.3. The molecule has 0 saturated carbocycles. The molecule has 4 aromatic rings. The van der Waals surface area contributed by atoms with Crippen molar-refractivity contribution in [3.05, 3.63) is 96.1 Å². The van der Waals surface area contributed by atoms with E-state index in [-0.39, 0.29) is 70.5 Å². The maximum absolute atomic E-state index is 11.8. The third-order valence-electron chi connectivity index (χ3n) is 8.38. The van der Waals surface area contributed by atoms with E-state index in [2.05, 4.69) is 13.8 Å². The minimum Gasteiger partial charge on any atom is -0.870 e. The van der Waals surface area contributed by atoms with Crippen LogP contribution in [0, 0.1) is 0 Å². The topological polar surface area (TPSA) is 173 Å². The molecule has 0 fully saturated rings. The van der Waals surface area contributed by atoms with E-state index in [1.54, 1.807) is 48.5 Å². The summed E-state index contributed by atoms with van der Waals surface area (Å²) in [4.78, 5) is -0.301. The summed E-state index contributed by atoms with van der Waals surface area (Å²) in [6.45, 7) is 4.31. The minimum atomic E-state index is -4.55. The summed E-state index contributed by atoms with van der Waals surface area (Å²) in [6, 6.07) is 21.4. The van der Waals surface area contributed by atoms with E-state index in [1.165, 1.54) is 68.5 Å². The van der Waals surface area contributed by atoms with Crippen LogP contribution in [-0.4, -0.2) is 68.8 Å². The SMILES string of the molecule is CCCCCCCCc1cc(Oc2ccccc2O)ccc1S(=O)(=O)O.CCCCCCCCc1cc(Oc2ccccc2[O-])ccc1S(=O)(=O)[O-].[Ca+2]. The summed E-state index contributed by atoms with van der Waals surface area (Å²) in [7, 11) is -8.84. The molecule has 0 bridgehead atoms. The molecule has 4 aromatic carbocycles. The van der Waals surface area contributed by atoms with Gasteiger partial charge in [0.1, 0.15) is 27.4 Å². The van der Waals surface area contributed by atoms with Crippen molar-refractivity contribution < 1.29 is 45.6 Å². The first kappa shape index (κ1) is 46.3. The van der Waals surface area contributed by atoms with Gasteiger partial charge in [0.05, 0.1) is 9.79 Å². The number of benzene rings is 4. The van der Waals surface area contributed by atoms with E-state index in [0.717, 1.165) is 44.9 Å². The Bertz CT molecular complexity index is 1780. The molecule has 4 rings (SSSR count). The van der Waals surface area contributed by atoms with Crippen molar-refractivity contribution in [2.75, 3.05) is 0 Å². The van der Waals surface area contributed by atoms with Crippen LogP contribution in [0.1, 0.15) is 102 Å². The van der Waals surface area contributed by atoms with Crippen LogP contribution in [-0.2, 0) is 33.1 Å². The zero-order valence-corrected chi connectivity index (χ0v) is 34.5. The second-order valence-electron chi connectivity index (χ2n) is 12.6. The summed E-state index contributed by atoms with van der Waals surface area (Å²) in [5.74, 6) is 0.962. The van der Waals surface area contributed by atoms with Crippen LogP contribution in [0.2, 0.25) is 0 Å². The summed E-state index contributed by atoms with van der Waals surface area (Å²) in [5, 5.41) is 21.6. The van der Waals surface area contributed by atoms with E-state index >= 15 is 0 Å². The van der Waals surface area contributed by atoms with E-state index in [0.29, 0.717) is 35.5 Å². The van der Waals surface area contributed by atoms with E-state index < -0.39 is 20.2 Å². The van der Waals surface area contributed by atoms with Crippen LogP contribution in [0.5, 0.6) is 34.5 Å². The molecule has 2 N–H and O–H groups in total. The average molecular weight is 795 g/mol. The number of phenols is 1. The maximum Gasteiger partial charge on any atom is 2.00 e. The fourth-order valence-corrected chi connectivity index (χ4v) is 7.10. The molecule has 0 aliphatic carbocycles. The molecule has 0 aromatic heterocycles. The van der Waals surface area contributed by atoms with Crippen molar-refractivity contribution in [3.8, 4) is 34.5 Å². The molecule has 0 unspecified atom stereocenters. The van der Waals surface area contributed by atoms with Crippen molar-refractivity contribution in [3.63, 3.8) is 0 Å². The number of hydrogen-bond donors (Lipinski definition) is 2.